The van der Waals surface area contributed by atoms with Crippen LogP contribution in [-0.2, 0) is 6.54 Å². The van der Waals surface area contributed by atoms with Gasteiger partial charge in [-0.25, -0.2) is 9.38 Å². The number of nitrogens with one attached hydrogen (secondary N) is 1. The molecule has 118 valence electrons. The monoisotopic (exact) mass is 415 g/mol. The number of aliphatic imine (C=N–C) groups is 1. The van der Waals surface area contributed by atoms with Gasteiger partial charge in [-0.3, -0.25) is 0 Å². The third kappa shape index (κ3) is 4.87. The number of rotatable bonds is 4. The van der Waals surface area contributed by atoms with Crippen LogP contribution in [0.25, 0.3) is 0 Å². The van der Waals surface area contributed by atoms with Crippen LogP contribution in [0.4, 0.5) is 10.1 Å². The summed E-state index contributed by atoms with van der Waals surface area (Å²) in [4.78, 5) is 4.20. The zero-order valence-electron chi connectivity index (χ0n) is 12.5. The van der Waals surface area contributed by atoms with Crippen molar-refractivity contribution < 1.29 is 9.13 Å². The van der Waals surface area contributed by atoms with Crippen molar-refractivity contribution >= 4 is 35.6 Å². The van der Waals surface area contributed by atoms with Gasteiger partial charge in [0.2, 0.25) is 0 Å². The van der Waals surface area contributed by atoms with E-state index in [4.69, 9.17) is 10.5 Å². The van der Waals surface area contributed by atoms with Crippen molar-refractivity contribution in [3.63, 3.8) is 0 Å². The number of guanidine groups is 1. The maximum absolute atomic E-state index is 13.4. The summed E-state index contributed by atoms with van der Waals surface area (Å²) in [5.74, 6) is 0.691. The van der Waals surface area contributed by atoms with Crippen molar-refractivity contribution in [2.24, 2.45) is 10.7 Å². The predicted octanol–water partition coefficient (Wildman–Crippen LogP) is 3.69. The Morgan fingerprint density at radius 1 is 1.27 bits per heavy atom. The maximum atomic E-state index is 13.4. The highest BCUT2D eigenvalue weighted by atomic mass is 127. The van der Waals surface area contributed by atoms with Crippen LogP contribution in [0.5, 0.6) is 5.75 Å². The summed E-state index contributed by atoms with van der Waals surface area (Å²) in [6, 6.07) is 12.4. The first-order valence-electron chi connectivity index (χ1n) is 6.55. The number of aryl methyl sites for hydroxylation is 1. The molecule has 0 radical (unpaired) electrons. The van der Waals surface area contributed by atoms with Crippen molar-refractivity contribution in [3.05, 3.63) is 59.4 Å². The molecule has 0 aromatic heterocycles. The molecule has 6 heteroatoms. The Kier molecular flexibility index (Phi) is 7.10. The Bertz CT molecular complexity index is 662. The van der Waals surface area contributed by atoms with Gasteiger partial charge in [-0.1, -0.05) is 24.3 Å². The average molecular weight is 415 g/mol. The fourth-order valence-electron chi connectivity index (χ4n) is 1.84. The first-order chi connectivity index (χ1) is 10.1. The lowest BCUT2D eigenvalue weighted by Gasteiger charge is -2.10. The summed E-state index contributed by atoms with van der Waals surface area (Å²) in [6.45, 7) is 2.03. The van der Waals surface area contributed by atoms with Crippen LogP contribution in [0.1, 0.15) is 11.1 Å². The van der Waals surface area contributed by atoms with Gasteiger partial charge in [0.05, 0.1) is 19.3 Å². The number of nitrogens with zero attached hydrogens (tertiary/aromatic N) is 1. The van der Waals surface area contributed by atoms with Crippen molar-refractivity contribution in [1.82, 2.24) is 0 Å². The Morgan fingerprint density at radius 2 is 2.00 bits per heavy atom. The van der Waals surface area contributed by atoms with E-state index in [1.807, 2.05) is 30.3 Å². The minimum atomic E-state index is -0.237. The highest BCUT2D eigenvalue weighted by Crippen LogP contribution is 2.22. The lowest BCUT2D eigenvalue weighted by Crippen LogP contribution is -2.22. The quantitative estimate of drug-likeness (QED) is 0.455. The van der Waals surface area contributed by atoms with E-state index in [1.54, 1.807) is 20.1 Å². The van der Waals surface area contributed by atoms with Gasteiger partial charge in [-0.2, -0.15) is 0 Å². The third-order valence-corrected chi connectivity index (χ3v) is 3.04. The lowest BCUT2D eigenvalue weighted by atomic mass is 10.1. The van der Waals surface area contributed by atoms with Gasteiger partial charge < -0.3 is 15.8 Å². The Balaban J connectivity index is 0.00000242. The van der Waals surface area contributed by atoms with Gasteiger partial charge >= 0.3 is 0 Å². The molecule has 0 aliphatic heterocycles. The van der Waals surface area contributed by atoms with E-state index in [0.29, 0.717) is 17.9 Å². The smallest absolute Gasteiger partial charge is 0.193 e. The summed E-state index contributed by atoms with van der Waals surface area (Å²) in [5, 5.41) is 2.97. The van der Waals surface area contributed by atoms with Crippen molar-refractivity contribution in [1.29, 1.82) is 0 Å². The standard InChI is InChI=1S/C16H18FN3O.HI/c1-11-7-8-12(9-13(11)17)10-19-16(18)20-14-5-3-4-6-15(14)21-2;/h3-9H,10H2,1-2H3,(H3,18,19,20);1H. The molecule has 0 saturated carbocycles. The Morgan fingerprint density at radius 3 is 2.68 bits per heavy atom. The van der Waals surface area contributed by atoms with Crippen LogP contribution >= 0.6 is 24.0 Å². The maximum Gasteiger partial charge on any atom is 0.193 e. The lowest BCUT2D eigenvalue weighted by molar-refractivity contribution is 0.417. The first-order valence-corrected chi connectivity index (χ1v) is 6.55. The number of nitrogens with two attached hydrogens (primary N) is 1. The number of hydrogen-bond donors (Lipinski definition) is 2. The topological polar surface area (TPSA) is 59.6 Å². The fraction of sp³-hybridized carbons (Fsp3) is 0.188. The van der Waals surface area contributed by atoms with Crippen LogP contribution in [-0.4, -0.2) is 13.1 Å². The molecular formula is C16H19FIN3O. The molecule has 0 heterocycles. The van der Waals surface area contributed by atoms with Crippen LogP contribution in [0.15, 0.2) is 47.5 Å². The normalized spacial score (nSPS) is 10.8. The van der Waals surface area contributed by atoms with E-state index < -0.39 is 0 Å². The number of hydrogen-bond acceptors (Lipinski definition) is 2. The van der Waals surface area contributed by atoms with E-state index in [-0.39, 0.29) is 35.8 Å². The minimum absolute atomic E-state index is 0. The number of anilines is 1. The number of para-hydroxylation sites is 2. The van der Waals surface area contributed by atoms with Crippen molar-refractivity contribution in [2.45, 2.75) is 13.5 Å². The molecule has 0 saturated heterocycles. The molecule has 4 nitrogen and oxygen atoms in total. The minimum Gasteiger partial charge on any atom is -0.495 e. The van der Waals surface area contributed by atoms with E-state index in [2.05, 4.69) is 10.3 Å². The molecule has 0 amide bonds. The second-order valence-corrected chi connectivity index (χ2v) is 4.61. The fourth-order valence-corrected chi connectivity index (χ4v) is 1.84. The molecule has 0 spiro atoms. The highest BCUT2D eigenvalue weighted by molar-refractivity contribution is 14.0. The van der Waals surface area contributed by atoms with Gasteiger partial charge in [0.15, 0.2) is 5.96 Å². The molecule has 2 aromatic rings. The van der Waals surface area contributed by atoms with E-state index in [1.165, 1.54) is 6.07 Å². The zero-order chi connectivity index (χ0) is 15.2. The van der Waals surface area contributed by atoms with Gasteiger partial charge in [0, 0.05) is 0 Å². The Hall–Kier alpha value is -1.83. The average Bonchev–Trinajstić information content (AvgIpc) is 2.49. The number of ether oxygens (including phenoxy) is 1. The molecule has 0 fully saturated rings. The van der Waals surface area contributed by atoms with E-state index >= 15 is 0 Å². The summed E-state index contributed by atoms with van der Waals surface area (Å²) in [7, 11) is 1.59. The van der Waals surface area contributed by atoms with Gasteiger partial charge in [0.25, 0.3) is 0 Å². The van der Waals surface area contributed by atoms with Gasteiger partial charge in [-0.15, -0.1) is 24.0 Å². The molecule has 0 unspecified atom stereocenters. The second-order valence-electron chi connectivity index (χ2n) is 4.61. The molecule has 0 atom stereocenters. The van der Waals surface area contributed by atoms with Crippen LogP contribution in [0.3, 0.4) is 0 Å². The molecule has 0 bridgehead atoms. The van der Waals surface area contributed by atoms with Crippen LogP contribution in [0, 0.1) is 12.7 Å². The largest absolute Gasteiger partial charge is 0.495 e. The van der Waals surface area contributed by atoms with Crippen LogP contribution in [0.2, 0.25) is 0 Å². The first kappa shape index (κ1) is 18.2. The Labute approximate surface area is 146 Å². The summed E-state index contributed by atoms with van der Waals surface area (Å²) in [6.07, 6.45) is 0. The van der Waals surface area contributed by atoms with E-state index in [9.17, 15) is 4.39 Å². The van der Waals surface area contributed by atoms with Crippen molar-refractivity contribution in [3.8, 4) is 5.75 Å². The zero-order valence-corrected chi connectivity index (χ0v) is 14.8. The molecule has 22 heavy (non-hydrogen) atoms. The molecule has 3 N–H and O–H groups in total. The molecule has 2 rings (SSSR count). The molecule has 0 aliphatic rings. The molecule has 0 aliphatic carbocycles. The van der Waals surface area contributed by atoms with Crippen molar-refractivity contribution in [2.75, 3.05) is 12.4 Å². The molecular weight excluding hydrogens is 396 g/mol. The van der Waals surface area contributed by atoms with Gasteiger partial charge in [0.1, 0.15) is 11.6 Å². The van der Waals surface area contributed by atoms with E-state index in [0.717, 1.165) is 11.3 Å². The van der Waals surface area contributed by atoms with Crippen LogP contribution < -0.4 is 15.8 Å². The summed E-state index contributed by atoms with van der Waals surface area (Å²) >= 11 is 0. The predicted molar refractivity (Wildman–Crippen MR) is 98.5 cm³/mol. The number of benzene rings is 2. The van der Waals surface area contributed by atoms with Gasteiger partial charge in [-0.05, 0) is 36.2 Å². The number of halogens is 2. The summed E-state index contributed by atoms with van der Waals surface area (Å²) < 4.78 is 18.7. The summed E-state index contributed by atoms with van der Waals surface area (Å²) in [5.41, 5.74) is 7.95. The second kappa shape index (κ2) is 8.57. The number of methoxy groups -OCH3 is 1. The molecule has 2 aromatic carbocycles. The SMILES string of the molecule is COc1ccccc1NC(N)=NCc1ccc(C)c(F)c1.I. The highest BCUT2D eigenvalue weighted by Gasteiger charge is 2.03. The third-order valence-electron chi connectivity index (χ3n) is 3.04.